The van der Waals surface area contributed by atoms with Gasteiger partial charge in [-0.15, -0.1) is 0 Å². The predicted octanol–water partition coefficient (Wildman–Crippen LogP) is 1.70. The fraction of sp³-hybridized carbons (Fsp3) is 0.308. The molecule has 1 fully saturated rings. The highest BCUT2D eigenvalue weighted by molar-refractivity contribution is 6.30. The molecule has 0 bridgehead atoms. The van der Waals surface area contributed by atoms with Gasteiger partial charge in [-0.25, -0.2) is 4.79 Å². The van der Waals surface area contributed by atoms with Crippen LogP contribution in [0, 0.1) is 0 Å². The van der Waals surface area contributed by atoms with Crippen molar-refractivity contribution in [1.29, 1.82) is 0 Å². The Morgan fingerprint density at radius 1 is 1.32 bits per heavy atom. The molecule has 0 saturated carbocycles. The molecule has 0 aromatic heterocycles. The minimum Gasteiger partial charge on any atom is -0.319 e. The summed E-state index contributed by atoms with van der Waals surface area (Å²) in [5, 5.41) is 3.16. The summed E-state index contributed by atoms with van der Waals surface area (Å²) in [5.41, 5.74) is -0.529. The van der Waals surface area contributed by atoms with Crippen molar-refractivity contribution in [1.82, 2.24) is 10.2 Å². The van der Waals surface area contributed by atoms with Gasteiger partial charge >= 0.3 is 6.03 Å². The molecule has 5 nitrogen and oxygen atoms in total. The van der Waals surface area contributed by atoms with Gasteiger partial charge in [0.05, 0.1) is 6.54 Å². The molecule has 0 spiro atoms. The number of halogens is 1. The summed E-state index contributed by atoms with van der Waals surface area (Å²) in [6, 6.07) is 6.10. The van der Waals surface area contributed by atoms with Crippen LogP contribution >= 0.6 is 11.6 Å². The van der Waals surface area contributed by atoms with Crippen LogP contribution in [-0.2, 0) is 15.1 Å². The number of nitrogens with zero attached hydrogens (tertiary/aromatic N) is 1. The first-order valence-corrected chi connectivity index (χ1v) is 6.12. The number of benzene rings is 1. The van der Waals surface area contributed by atoms with Gasteiger partial charge in [-0.05, 0) is 31.5 Å². The fourth-order valence-corrected chi connectivity index (χ4v) is 2.17. The molecule has 0 radical (unpaired) electrons. The molecular formula is C13H13ClN2O3. The smallest absolute Gasteiger partial charge is 0.319 e. The molecule has 2 rings (SSSR count). The van der Waals surface area contributed by atoms with Gasteiger partial charge in [0.15, 0.2) is 0 Å². The van der Waals surface area contributed by atoms with E-state index in [9.17, 15) is 14.4 Å². The highest BCUT2D eigenvalue weighted by atomic mass is 35.5. The van der Waals surface area contributed by atoms with Crippen LogP contribution in [0.2, 0.25) is 5.02 Å². The summed E-state index contributed by atoms with van der Waals surface area (Å²) in [4.78, 5) is 36.1. The Morgan fingerprint density at radius 3 is 2.42 bits per heavy atom. The zero-order valence-corrected chi connectivity index (χ0v) is 11.3. The van der Waals surface area contributed by atoms with Crippen LogP contribution in [0.25, 0.3) is 0 Å². The Hall–Kier alpha value is -1.88. The molecule has 1 N–H and O–H groups in total. The van der Waals surface area contributed by atoms with Crippen molar-refractivity contribution in [2.75, 3.05) is 6.54 Å². The van der Waals surface area contributed by atoms with Gasteiger partial charge in [-0.2, -0.15) is 0 Å². The van der Waals surface area contributed by atoms with Gasteiger partial charge in [-0.3, -0.25) is 14.5 Å². The molecule has 1 aromatic carbocycles. The minimum absolute atomic E-state index is 0.214. The predicted molar refractivity (Wildman–Crippen MR) is 69.7 cm³/mol. The van der Waals surface area contributed by atoms with Crippen molar-refractivity contribution in [3.05, 3.63) is 34.9 Å². The van der Waals surface area contributed by atoms with Crippen LogP contribution in [0.4, 0.5) is 4.79 Å². The third-order valence-electron chi connectivity index (χ3n) is 3.08. The third kappa shape index (κ3) is 2.33. The fourth-order valence-electron chi connectivity index (χ4n) is 2.04. The first kappa shape index (κ1) is 13.5. The molecular weight excluding hydrogens is 268 g/mol. The number of rotatable bonds is 3. The Kier molecular flexibility index (Phi) is 3.32. The summed E-state index contributed by atoms with van der Waals surface area (Å²) in [6.07, 6.45) is 0. The summed E-state index contributed by atoms with van der Waals surface area (Å²) in [5.74, 6) is -0.682. The van der Waals surface area contributed by atoms with Gasteiger partial charge in [0, 0.05) is 5.02 Å². The van der Waals surface area contributed by atoms with Gasteiger partial charge in [0.25, 0.3) is 5.91 Å². The molecule has 1 atom stereocenters. The molecule has 1 heterocycles. The highest BCUT2D eigenvalue weighted by Crippen LogP contribution is 2.29. The zero-order chi connectivity index (χ0) is 14.2. The normalized spacial score (nSPS) is 22.6. The number of hydrogen-bond donors (Lipinski definition) is 1. The van der Waals surface area contributed by atoms with Crippen LogP contribution in [0.3, 0.4) is 0 Å². The van der Waals surface area contributed by atoms with E-state index in [4.69, 9.17) is 11.6 Å². The van der Waals surface area contributed by atoms with E-state index < -0.39 is 17.5 Å². The van der Waals surface area contributed by atoms with Crippen LogP contribution in [0.5, 0.6) is 0 Å². The first-order valence-electron chi connectivity index (χ1n) is 5.74. The molecule has 1 aliphatic heterocycles. The lowest BCUT2D eigenvalue weighted by molar-refractivity contribution is -0.133. The zero-order valence-electron chi connectivity index (χ0n) is 10.6. The Balaban J connectivity index is 2.35. The maximum absolute atomic E-state index is 12.3. The van der Waals surface area contributed by atoms with Crippen molar-refractivity contribution < 1.29 is 14.4 Å². The highest BCUT2D eigenvalue weighted by Gasteiger charge is 2.49. The van der Waals surface area contributed by atoms with Crippen LogP contribution in [-0.4, -0.2) is 29.2 Å². The first-order chi connectivity index (χ1) is 8.84. The molecule has 19 heavy (non-hydrogen) atoms. The molecule has 100 valence electrons. The van der Waals surface area contributed by atoms with E-state index in [-0.39, 0.29) is 12.3 Å². The van der Waals surface area contributed by atoms with Gasteiger partial charge < -0.3 is 5.32 Å². The van der Waals surface area contributed by atoms with E-state index in [0.29, 0.717) is 10.6 Å². The molecule has 0 unspecified atom stereocenters. The monoisotopic (exact) mass is 280 g/mol. The van der Waals surface area contributed by atoms with Crippen molar-refractivity contribution in [3.63, 3.8) is 0 Å². The SMILES string of the molecule is CC(=O)CN1C(=O)N[C@@](C)(c2ccc(Cl)cc2)C1=O. The average Bonchev–Trinajstić information content (AvgIpc) is 2.54. The molecule has 1 saturated heterocycles. The second-order valence-corrected chi connectivity index (χ2v) is 5.09. The van der Waals surface area contributed by atoms with Gasteiger partial charge in [-0.1, -0.05) is 23.7 Å². The van der Waals surface area contributed by atoms with Crippen LogP contribution in [0.1, 0.15) is 19.4 Å². The van der Waals surface area contributed by atoms with Gasteiger partial charge in [0.2, 0.25) is 0 Å². The Bertz CT molecular complexity index is 556. The van der Waals surface area contributed by atoms with Crippen molar-refractivity contribution in [2.24, 2.45) is 0 Å². The van der Waals surface area contributed by atoms with Crippen molar-refractivity contribution >= 4 is 29.3 Å². The number of carbonyl (C=O) groups excluding carboxylic acids is 3. The Labute approximate surface area is 115 Å². The number of urea groups is 1. The van der Waals surface area contributed by atoms with Gasteiger partial charge in [0.1, 0.15) is 11.3 Å². The number of amides is 3. The lowest BCUT2D eigenvalue weighted by Gasteiger charge is -2.22. The van der Waals surface area contributed by atoms with E-state index in [1.807, 2.05) is 0 Å². The van der Waals surface area contributed by atoms with E-state index in [1.54, 1.807) is 31.2 Å². The van der Waals surface area contributed by atoms with E-state index in [1.165, 1.54) is 6.92 Å². The second kappa shape index (κ2) is 4.66. The van der Waals surface area contributed by atoms with E-state index in [2.05, 4.69) is 5.32 Å². The van der Waals surface area contributed by atoms with Crippen molar-refractivity contribution in [2.45, 2.75) is 19.4 Å². The number of carbonyl (C=O) groups is 3. The van der Waals surface area contributed by atoms with E-state index >= 15 is 0 Å². The average molecular weight is 281 g/mol. The summed E-state index contributed by atoms with van der Waals surface area (Å²) < 4.78 is 0. The molecule has 1 aliphatic rings. The molecule has 0 aliphatic carbocycles. The minimum atomic E-state index is -1.16. The Morgan fingerprint density at radius 2 is 1.89 bits per heavy atom. The number of hydrogen-bond acceptors (Lipinski definition) is 3. The summed E-state index contributed by atoms with van der Waals surface area (Å²) in [6.45, 7) is 2.73. The standard InChI is InChI=1S/C13H13ClN2O3/c1-8(17)7-16-11(18)13(2,15-12(16)19)9-3-5-10(14)6-4-9/h3-6H,7H2,1-2H3,(H,15,19)/t13-/m0/s1. The lowest BCUT2D eigenvalue weighted by atomic mass is 9.92. The van der Waals surface area contributed by atoms with Crippen molar-refractivity contribution in [3.8, 4) is 0 Å². The largest absolute Gasteiger partial charge is 0.325 e. The topological polar surface area (TPSA) is 66.5 Å². The number of Topliss-reactive ketones (excluding diaryl/α,β-unsaturated/α-hetero) is 1. The number of ketones is 1. The maximum Gasteiger partial charge on any atom is 0.325 e. The second-order valence-electron chi connectivity index (χ2n) is 4.66. The van der Waals surface area contributed by atoms with E-state index in [0.717, 1.165) is 4.90 Å². The maximum atomic E-state index is 12.3. The van der Waals surface area contributed by atoms with Crippen LogP contribution < -0.4 is 5.32 Å². The lowest BCUT2D eigenvalue weighted by Crippen LogP contribution is -2.41. The summed E-state index contributed by atoms with van der Waals surface area (Å²) >= 11 is 5.80. The number of imide groups is 1. The molecule has 3 amide bonds. The molecule has 6 heteroatoms. The van der Waals surface area contributed by atoms with Crippen LogP contribution in [0.15, 0.2) is 24.3 Å². The number of nitrogens with one attached hydrogen (secondary N) is 1. The molecule has 1 aromatic rings. The summed E-state index contributed by atoms with van der Waals surface area (Å²) in [7, 11) is 0. The quantitative estimate of drug-likeness (QED) is 0.857. The third-order valence-corrected chi connectivity index (χ3v) is 3.33.